The third kappa shape index (κ3) is 3.30. The van der Waals surface area contributed by atoms with E-state index in [9.17, 15) is 9.59 Å². The lowest BCUT2D eigenvalue weighted by molar-refractivity contribution is -0.159. The maximum atomic E-state index is 12.3. The molecule has 1 unspecified atom stereocenters. The van der Waals surface area contributed by atoms with E-state index in [1.165, 1.54) is 0 Å². The zero-order valence-corrected chi connectivity index (χ0v) is 13.1. The number of carbonyl (C=O) groups is 1. The van der Waals surface area contributed by atoms with Gasteiger partial charge in [-0.1, -0.05) is 19.9 Å². The van der Waals surface area contributed by atoms with Gasteiger partial charge in [0.15, 0.2) is 0 Å². The molecule has 117 valence electrons. The van der Waals surface area contributed by atoms with Crippen molar-refractivity contribution in [3.05, 3.63) is 11.6 Å². The van der Waals surface area contributed by atoms with Gasteiger partial charge in [-0.2, -0.15) is 0 Å². The third-order valence-corrected chi connectivity index (χ3v) is 5.16. The van der Waals surface area contributed by atoms with E-state index in [0.29, 0.717) is 6.42 Å². The molecule has 4 heteroatoms. The number of rotatable bonds is 7. The minimum Gasteiger partial charge on any atom is -0.459 e. The van der Waals surface area contributed by atoms with Crippen LogP contribution < -0.4 is 0 Å². The van der Waals surface area contributed by atoms with Crippen LogP contribution in [0.25, 0.3) is 0 Å². The summed E-state index contributed by atoms with van der Waals surface area (Å²) in [5, 5.41) is 0. The van der Waals surface area contributed by atoms with Crippen molar-refractivity contribution in [2.24, 2.45) is 0 Å². The second kappa shape index (κ2) is 6.63. The van der Waals surface area contributed by atoms with Gasteiger partial charge in [-0.3, -0.25) is 4.79 Å². The molecule has 1 saturated carbocycles. The first kappa shape index (κ1) is 16.1. The van der Waals surface area contributed by atoms with Crippen molar-refractivity contribution in [3.63, 3.8) is 0 Å². The van der Waals surface area contributed by atoms with Gasteiger partial charge in [0.05, 0.1) is 6.42 Å². The number of ether oxygens (including phenoxy) is 2. The van der Waals surface area contributed by atoms with Gasteiger partial charge in [0.1, 0.15) is 11.2 Å². The maximum Gasteiger partial charge on any atom is 0.418 e. The summed E-state index contributed by atoms with van der Waals surface area (Å²) in [6, 6.07) is 0. The lowest BCUT2D eigenvalue weighted by Gasteiger charge is -2.31. The fraction of sp³-hybridized carbons (Fsp3) is 0.765. The molecule has 0 saturated heterocycles. The van der Waals surface area contributed by atoms with Gasteiger partial charge in [0.25, 0.3) is 0 Å². The fourth-order valence-electron chi connectivity index (χ4n) is 3.71. The fourth-order valence-corrected chi connectivity index (χ4v) is 3.71. The van der Waals surface area contributed by atoms with E-state index >= 15 is 0 Å². The Morgan fingerprint density at radius 3 is 2.52 bits per heavy atom. The highest BCUT2D eigenvalue weighted by atomic mass is 16.6. The number of carbonyl (C=O) groups excluding carboxylic acids is 2. The van der Waals surface area contributed by atoms with Crippen LogP contribution >= 0.6 is 0 Å². The van der Waals surface area contributed by atoms with Crippen molar-refractivity contribution < 1.29 is 19.1 Å². The van der Waals surface area contributed by atoms with Crippen LogP contribution in [0, 0.1) is 0 Å². The monoisotopic (exact) mass is 293 g/mol. The molecule has 2 aliphatic rings. The van der Waals surface area contributed by atoms with Gasteiger partial charge in [0, 0.05) is 0 Å². The van der Waals surface area contributed by atoms with Crippen LogP contribution in [0.15, 0.2) is 11.6 Å². The van der Waals surface area contributed by atoms with E-state index in [1.807, 2.05) is 13.0 Å². The highest BCUT2D eigenvalue weighted by molar-refractivity contribution is 5.74. The zero-order chi connectivity index (χ0) is 15.3. The van der Waals surface area contributed by atoms with Crippen LogP contribution in [-0.4, -0.2) is 23.6 Å². The predicted octanol–water partition coefficient (Wildman–Crippen LogP) is 3.60. The molecule has 0 bridgehead atoms. The summed E-state index contributed by atoms with van der Waals surface area (Å²) in [5.41, 5.74) is -0.0268. The Kier molecular flexibility index (Phi) is 5.07. The molecule has 21 heavy (non-hydrogen) atoms. The summed E-state index contributed by atoms with van der Waals surface area (Å²) in [4.78, 5) is 23.0. The molecule has 2 rings (SSSR count). The molecule has 0 amide bonds. The van der Waals surface area contributed by atoms with Crippen LogP contribution in [0.4, 0.5) is 0 Å². The highest BCUT2D eigenvalue weighted by Crippen LogP contribution is 2.40. The van der Waals surface area contributed by atoms with Crippen molar-refractivity contribution in [1.82, 2.24) is 0 Å². The molecule has 0 aromatic heterocycles. The number of hydrogen-bond acceptors (Lipinski definition) is 4. The van der Waals surface area contributed by atoms with Gasteiger partial charge in [0.2, 0.25) is 0 Å². The first-order valence-corrected chi connectivity index (χ1v) is 8.06. The molecule has 0 spiro atoms. The van der Waals surface area contributed by atoms with Crippen molar-refractivity contribution >= 4 is 12.4 Å². The van der Waals surface area contributed by atoms with Crippen molar-refractivity contribution in [1.29, 1.82) is 0 Å². The van der Waals surface area contributed by atoms with Gasteiger partial charge < -0.3 is 9.47 Å². The van der Waals surface area contributed by atoms with E-state index < -0.39 is 5.60 Å². The average Bonchev–Trinajstić information content (AvgIpc) is 3.08. The van der Waals surface area contributed by atoms with Crippen molar-refractivity contribution in [3.8, 4) is 0 Å². The Morgan fingerprint density at radius 2 is 1.95 bits per heavy atom. The Bertz CT molecular complexity index is 421. The SMILES string of the molecule is CCC1(OC(=O)CC2=CCCC2(CC)O[C]=O)CCCC1. The van der Waals surface area contributed by atoms with E-state index in [2.05, 4.69) is 6.92 Å². The van der Waals surface area contributed by atoms with Crippen LogP contribution in [0.3, 0.4) is 0 Å². The number of esters is 1. The minimum absolute atomic E-state index is 0.195. The maximum absolute atomic E-state index is 12.3. The second-order valence-electron chi connectivity index (χ2n) is 6.20. The van der Waals surface area contributed by atoms with Gasteiger partial charge in [-0.15, -0.1) is 0 Å². The predicted molar refractivity (Wildman–Crippen MR) is 79.3 cm³/mol. The largest absolute Gasteiger partial charge is 0.459 e. The first-order chi connectivity index (χ1) is 10.1. The van der Waals surface area contributed by atoms with Crippen molar-refractivity contribution in [2.45, 2.75) is 82.8 Å². The lowest BCUT2D eigenvalue weighted by atomic mass is 9.90. The summed E-state index contributed by atoms with van der Waals surface area (Å²) in [6.45, 7) is 5.60. The molecule has 1 atom stereocenters. The topological polar surface area (TPSA) is 52.6 Å². The quantitative estimate of drug-likeness (QED) is 0.531. The summed E-state index contributed by atoms with van der Waals surface area (Å²) >= 11 is 0. The van der Waals surface area contributed by atoms with Gasteiger partial charge in [-0.25, -0.2) is 4.79 Å². The molecular weight excluding hydrogens is 268 g/mol. The molecule has 0 aromatic carbocycles. The summed E-state index contributed by atoms with van der Waals surface area (Å²) in [7, 11) is 0. The van der Waals surface area contributed by atoms with E-state index in [1.54, 1.807) is 6.47 Å². The first-order valence-electron chi connectivity index (χ1n) is 8.06. The third-order valence-electron chi connectivity index (χ3n) is 5.16. The van der Waals surface area contributed by atoms with Crippen molar-refractivity contribution in [2.75, 3.05) is 0 Å². The summed E-state index contributed by atoms with van der Waals surface area (Å²) in [6.07, 6.45) is 9.52. The van der Waals surface area contributed by atoms with E-state index in [4.69, 9.17) is 9.47 Å². The highest BCUT2D eigenvalue weighted by Gasteiger charge is 2.41. The molecule has 0 aliphatic heterocycles. The number of hydrogen-bond donors (Lipinski definition) is 0. The molecule has 1 fully saturated rings. The molecular formula is C17H25O4. The minimum atomic E-state index is -0.643. The molecule has 4 nitrogen and oxygen atoms in total. The molecule has 1 radical (unpaired) electrons. The summed E-state index contributed by atoms with van der Waals surface area (Å²) in [5.74, 6) is -0.195. The second-order valence-corrected chi connectivity index (χ2v) is 6.20. The van der Waals surface area contributed by atoms with Crippen LogP contribution in [0.1, 0.15) is 71.6 Å². The lowest BCUT2D eigenvalue weighted by Crippen LogP contribution is -2.35. The zero-order valence-electron chi connectivity index (χ0n) is 13.1. The van der Waals surface area contributed by atoms with Gasteiger partial charge in [-0.05, 0) is 56.9 Å². The molecule has 0 N–H and O–H groups in total. The van der Waals surface area contributed by atoms with Crippen LogP contribution in [0.2, 0.25) is 0 Å². The normalized spacial score (nSPS) is 27.2. The Balaban J connectivity index is 2.00. The Labute approximate surface area is 126 Å². The van der Waals surface area contributed by atoms with Crippen LogP contribution in [-0.2, 0) is 19.1 Å². The smallest absolute Gasteiger partial charge is 0.418 e. The Hall–Kier alpha value is -1.32. The Morgan fingerprint density at radius 1 is 1.24 bits per heavy atom. The number of allylic oxidation sites excluding steroid dienone is 1. The van der Waals surface area contributed by atoms with E-state index in [0.717, 1.165) is 50.5 Å². The molecule has 0 heterocycles. The van der Waals surface area contributed by atoms with Crippen LogP contribution in [0.5, 0.6) is 0 Å². The standard InChI is InChI=1S/C17H25O4/c1-3-16(9-5-6-10-16)21-15(19)12-14-8-7-11-17(14,4-2)20-13-18/h8H,3-7,9-12H2,1-2H3. The van der Waals surface area contributed by atoms with E-state index in [-0.39, 0.29) is 18.0 Å². The molecule has 2 aliphatic carbocycles. The van der Waals surface area contributed by atoms with Gasteiger partial charge >= 0.3 is 12.4 Å². The molecule has 0 aromatic rings. The average molecular weight is 293 g/mol. The summed E-state index contributed by atoms with van der Waals surface area (Å²) < 4.78 is 11.0.